The van der Waals surface area contributed by atoms with Gasteiger partial charge in [0.25, 0.3) is 0 Å². The molecule has 0 saturated carbocycles. The van der Waals surface area contributed by atoms with E-state index in [1.165, 1.54) is 186 Å². The van der Waals surface area contributed by atoms with Crippen molar-refractivity contribution in [2.24, 2.45) is 0 Å². The SMILES string of the molecule is c1ccc(-c2cc(-c3ccccc3)cc(-c3c4ccccc4c(-c4ccc5ccc(-c6ccc7ccccc7c6)cc5c4)c4ccccc34)c2)cc1.c1ccc(-c2cccc(-c3c4ccccc4c(-c4ccc5ccc(-c6ccc7ccccc7c6)cc5c4)c4ccccc34)c2)cc1. The Balaban J connectivity index is 0.000000143. The molecule has 0 aromatic heterocycles. The molecule has 0 aliphatic carbocycles. The van der Waals surface area contributed by atoms with Gasteiger partial charge in [-0.3, -0.25) is 0 Å². The Kier molecular flexibility index (Phi) is 14.7. The third-order valence-electron chi connectivity index (χ3n) is 20.0. The van der Waals surface area contributed by atoms with E-state index in [1.807, 2.05) is 0 Å². The van der Waals surface area contributed by atoms with Crippen molar-refractivity contribution in [3.8, 4) is 100 Å². The lowest BCUT2D eigenvalue weighted by Crippen LogP contribution is -1.92. The van der Waals surface area contributed by atoms with Gasteiger partial charge < -0.3 is 0 Å². The molecular weight excluding hydrogens is 1180 g/mol. The van der Waals surface area contributed by atoms with Crippen molar-refractivity contribution in [3.05, 3.63) is 388 Å². The Labute approximate surface area is 570 Å². The summed E-state index contributed by atoms with van der Waals surface area (Å²) < 4.78 is 0. The Morgan fingerprint density at radius 1 is 0.0918 bits per heavy atom. The molecule has 19 rings (SSSR count). The van der Waals surface area contributed by atoms with Crippen molar-refractivity contribution < 1.29 is 0 Å². The van der Waals surface area contributed by atoms with Gasteiger partial charge in [0.15, 0.2) is 0 Å². The molecule has 98 heavy (non-hydrogen) atoms. The molecule has 0 aliphatic rings. The molecule has 0 nitrogen and oxygen atoms in total. The van der Waals surface area contributed by atoms with Gasteiger partial charge in [-0.2, -0.15) is 0 Å². The van der Waals surface area contributed by atoms with Crippen molar-refractivity contribution in [1.29, 1.82) is 0 Å². The molecule has 0 atom stereocenters. The highest BCUT2D eigenvalue weighted by molar-refractivity contribution is 6.24. The molecule has 0 heteroatoms. The van der Waals surface area contributed by atoms with E-state index in [9.17, 15) is 0 Å². The quantitative estimate of drug-likeness (QED) is 0.126. The fourth-order valence-electron chi connectivity index (χ4n) is 15.3. The highest BCUT2D eigenvalue weighted by atomic mass is 14.2. The third kappa shape index (κ3) is 10.7. The summed E-state index contributed by atoms with van der Waals surface area (Å²) in [7, 11) is 0. The summed E-state index contributed by atoms with van der Waals surface area (Å²) in [6.45, 7) is 0. The minimum Gasteiger partial charge on any atom is -0.0622 e. The van der Waals surface area contributed by atoms with E-state index in [2.05, 4.69) is 388 Å². The highest BCUT2D eigenvalue weighted by Crippen LogP contribution is 2.48. The van der Waals surface area contributed by atoms with Crippen LogP contribution in [0.1, 0.15) is 0 Å². The zero-order valence-electron chi connectivity index (χ0n) is 54.0. The van der Waals surface area contributed by atoms with Gasteiger partial charge in [0.1, 0.15) is 0 Å². The van der Waals surface area contributed by atoms with Crippen LogP contribution in [0.15, 0.2) is 388 Å². The third-order valence-corrected chi connectivity index (χ3v) is 20.0. The van der Waals surface area contributed by atoms with Crippen LogP contribution in [-0.2, 0) is 0 Å². The van der Waals surface area contributed by atoms with Crippen LogP contribution in [0.5, 0.6) is 0 Å². The van der Waals surface area contributed by atoms with Gasteiger partial charge >= 0.3 is 0 Å². The Bertz CT molecular complexity index is 6110. The van der Waals surface area contributed by atoms with Gasteiger partial charge in [-0.25, -0.2) is 0 Å². The van der Waals surface area contributed by atoms with Gasteiger partial charge in [-0.1, -0.05) is 328 Å². The molecule has 19 aromatic carbocycles. The predicted octanol–water partition coefficient (Wildman–Crippen LogP) is 27.6. The molecule has 0 fully saturated rings. The predicted molar refractivity (Wildman–Crippen MR) is 422 cm³/mol. The fourth-order valence-corrected chi connectivity index (χ4v) is 15.3. The van der Waals surface area contributed by atoms with Gasteiger partial charge in [0.05, 0.1) is 0 Å². The van der Waals surface area contributed by atoms with Crippen LogP contribution < -0.4 is 0 Å². The summed E-state index contributed by atoms with van der Waals surface area (Å²) in [5, 5.41) is 20.1. The lowest BCUT2D eigenvalue weighted by molar-refractivity contribution is 1.58. The molecule has 0 amide bonds. The highest BCUT2D eigenvalue weighted by Gasteiger charge is 2.21. The Morgan fingerprint density at radius 3 is 0.653 bits per heavy atom. The standard InChI is InChI=1S/C52H34.C46H30/c1-3-13-35(14-4-1)44-32-45(36-15-5-2-6-16-36)34-46(33-44)52-49-21-11-9-19-47(49)51(48-20-10-12-22-50(48)52)42-28-25-38-24-27-41(30-43(38)31-42)40-26-23-37-17-7-8-18-39(37)29-40;1-2-11-31(12-3-1)35-15-10-16-38(28-35)45-41-17-6-8-19-43(41)46(44-20-9-7-18-42(44)45)39-26-23-33-22-25-37(29-40(33)30-39)36-24-21-32-13-4-5-14-34(32)27-36/h1-34H;1-30H. The van der Waals surface area contributed by atoms with Crippen molar-refractivity contribution >= 4 is 86.2 Å². The summed E-state index contributed by atoms with van der Waals surface area (Å²) in [4.78, 5) is 0. The molecule has 0 radical (unpaired) electrons. The van der Waals surface area contributed by atoms with E-state index in [0.29, 0.717) is 0 Å². The van der Waals surface area contributed by atoms with Crippen molar-refractivity contribution in [2.45, 2.75) is 0 Å². The summed E-state index contributed by atoms with van der Waals surface area (Å²) in [5.74, 6) is 0. The Hall–Kier alpha value is -12.7. The molecular formula is C98H64. The molecule has 0 N–H and O–H groups in total. The molecule has 19 aromatic rings. The van der Waals surface area contributed by atoms with E-state index in [4.69, 9.17) is 0 Å². The molecule has 0 saturated heterocycles. The van der Waals surface area contributed by atoms with Crippen LogP contribution in [-0.4, -0.2) is 0 Å². The van der Waals surface area contributed by atoms with Crippen LogP contribution >= 0.6 is 0 Å². The van der Waals surface area contributed by atoms with E-state index in [1.54, 1.807) is 0 Å². The fraction of sp³-hybridized carbons (Fsp3) is 0. The zero-order valence-corrected chi connectivity index (χ0v) is 54.0. The molecule has 0 aliphatic heterocycles. The molecule has 0 bridgehead atoms. The summed E-state index contributed by atoms with van der Waals surface area (Å²) in [5.41, 5.74) is 22.3. The summed E-state index contributed by atoms with van der Waals surface area (Å²) >= 11 is 0. The number of hydrogen-bond donors (Lipinski definition) is 0. The van der Waals surface area contributed by atoms with Crippen LogP contribution in [0.25, 0.3) is 186 Å². The second kappa shape index (κ2) is 24.9. The average molecular weight is 1240 g/mol. The van der Waals surface area contributed by atoms with Gasteiger partial charge in [0.2, 0.25) is 0 Å². The Morgan fingerprint density at radius 2 is 0.296 bits per heavy atom. The van der Waals surface area contributed by atoms with Gasteiger partial charge in [0, 0.05) is 0 Å². The number of rotatable bonds is 9. The largest absolute Gasteiger partial charge is 0.0622 e. The van der Waals surface area contributed by atoms with Gasteiger partial charge in [-0.05, 0) is 247 Å². The number of hydrogen-bond acceptors (Lipinski definition) is 0. The second-order valence-electron chi connectivity index (χ2n) is 25.8. The molecule has 0 unspecified atom stereocenters. The number of benzene rings is 19. The minimum atomic E-state index is 1.21. The van der Waals surface area contributed by atoms with Crippen molar-refractivity contribution in [3.63, 3.8) is 0 Å². The number of fused-ring (bicyclic) bond motifs is 8. The van der Waals surface area contributed by atoms with E-state index in [0.717, 1.165) is 0 Å². The smallest absolute Gasteiger partial charge is 0.00259 e. The van der Waals surface area contributed by atoms with Crippen LogP contribution in [0.4, 0.5) is 0 Å². The molecule has 456 valence electrons. The first kappa shape index (κ1) is 57.9. The van der Waals surface area contributed by atoms with E-state index >= 15 is 0 Å². The first-order valence-electron chi connectivity index (χ1n) is 33.9. The first-order valence-corrected chi connectivity index (χ1v) is 33.9. The summed E-state index contributed by atoms with van der Waals surface area (Å²) in [6.07, 6.45) is 0. The van der Waals surface area contributed by atoms with Crippen LogP contribution in [0.2, 0.25) is 0 Å². The lowest BCUT2D eigenvalue weighted by Gasteiger charge is -2.19. The van der Waals surface area contributed by atoms with E-state index in [-0.39, 0.29) is 0 Å². The average Bonchev–Trinajstić information content (AvgIpc) is 0.742. The van der Waals surface area contributed by atoms with Crippen molar-refractivity contribution in [2.75, 3.05) is 0 Å². The van der Waals surface area contributed by atoms with Crippen molar-refractivity contribution in [1.82, 2.24) is 0 Å². The maximum absolute atomic E-state index is 2.39. The molecule has 0 spiro atoms. The minimum absolute atomic E-state index is 1.21. The normalized spacial score (nSPS) is 11.5. The topological polar surface area (TPSA) is 0 Å². The lowest BCUT2D eigenvalue weighted by atomic mass is 9.84. The van der Waals surface area contributed by atoms with Crippen LogP contribution in [0, 0.1) is 0 Å². The van der Waals surface area contributed by atoms with Crippen LogP contribution in [0.3, 0.4) is 0 Å². The molecule has 0 heterocycles. The maximum Gasteiger partial charge on any atom is -0.00259 e. The first-order chi connectivity index (χ1) is 48.6. The van der Waals surface area contributed by atoms with Gasteiger partial charge in [-0.15, -0.1) is 0 Å². The van der Waals surface area contributed by atoms with E-state index < -0.39 is 0 Å². The summed E-state index contributed by atoms with van der Waals surface area (Å²) in [6, 6.07) is 142. The second-order valence-corrected chi connectivity index (χ2v) is 25.8. The zero-order chi connectivity index (χ0) is 64.9. The monoisotopic (exact) mass is 1240 g/mol. The maximum atomic E-state index is 2.39.